The minimum atomic E-state index is -0.334. The molecular weight excluding hydrogens is 326 g/mol. The van der Waals surface area contributed by atoms with E-state index in [1.165, 1.54) is 5.56 Å². The van der Waals surface area contributed by atoms with Gasteiger partial charge < -0.3 is 20.7 Å². The topological polar surface area (TPSA) is 67.6 Å². The van der Waals surface area contributed by atoms with Gasteiger partial charge in [0.25, 0.3) is 0 Å². The second-order valence-corrected chi connectivity index (χ2v) is 6.74. The minimum Gasteiger partial charge on any atom is -0.486 e. The first-order chi connectivity index (χ1) is 12.5. The van der Waals surface area contributed by atoms with Gasteiger partial charge in [0.05, 0.1) is 12.2 Å². The molecule has 138 valence electrons. The van der Waals surface area contributed by atoms with Gasteiger partial charge in [0.2, 0.25) is 5.91 Å². The van der Waals surface area contributed by atoms with Crippen LogP contribution in [0.1, 0.15) is 32.8 Å². The highest BCUT2D eigenvalue weighted by molar-refractivity contribution is 5.97. The van der Waals surface area contributed by atoms with Crippen molar-refractivity contribution >= 4 is 23.0 Å². The van der Waals surface area contributed by atoms with Crippen molar-refractivity contribution in [3.05, 3.63) is 48.0 Å². The fourth-order valence-electron chi connectivity index (χ4n) is 3.18. The van der Waals surface area contributed by atoms with E-state index in [9.17, 15) is 4.79 Å². The zero-order chi connectivity index (χ0) is 18.7. The zero-order valence-electron chi connectivity index (χ0n) is 15.7. The Morgan fingerprint density at radius 2 is 2.00 bits per heavy atom. The van der Waals surface area contributed by atoms with Crippen LogP contribution in [0.25, 0.3) is 0 Å². The number of carbonyl (C=O) groups excluding carboxylic acids is 1. The number of benzene rings is 2. The van der Waals surface area contributed by atoms with Crippen molar-refractivity contribution in [2.45, 2.75) is 45.8 Å². The highest BCUT2D eigenvalue weighted by Crippen LogP contribution is 2.37. The molecule has 5 heteroatoms. The average molecular weight is 353 g/mol. The summed E-state index contributed by atoms with van der Waals surface area (Å²) in [5.74, 6) is 0.739. The summed E-state index contributed by atoms with van der Waals surface area (Å²) in [5.41, 5.74) is 9.55. The molecular formula is C21H27N3O2. The molecule has 0 fully saturated rings. The van der Waals surface area contributed by atoms with Crippen molar-refractivity contribution in [2.24, 2.45) is 0 Å². The molecule has 5 nitrogen and oxygen atoms in total. The number of aryl methyl sites for hydroxylation is 1. The number of amides is 1. The van der Waals surface area contributed by atoms with Gasteiger partial charge in [-0.15, -0.1) is 0 Å². The first kappa shape index (κ1) is 18.1. The summed E-state index contributed by atoms with van der Waals surface area (Å²) in [6.45, 7) is 6.78. The van der Waals surface area contributed by atoms with Gasteiger partial charge in [0, 0.05) is 11.4 Å². The number of anilines is 3. The molecule has 2 aromatic rings. The SMILES string of the molecule is CCc1ccc(NC(=O)C(C)N2CC(CC)Oc3ccc(N)cc32)cc1. The maximum atomic E-state index is 12.8. The second-order valence-electron chi connectivity index (χ2n) is 6.74. The van der Waals surface area contributed by atoms with Crippen molar-refractivity contribution in [1.29, 1.82) is 0 Å². The zero-order valence-corrected chi connectivity index (χ0v) is 15.7. The molecule has 0 saturated carbocycles. The number of nitrogens with zero attached hydrogens (tertiary/aromatic N) is 1. The van der Waals surface area contributed by atoms with Gasteiger partial charge in [0.1, 0.15) is 17.9 Å². The van der Waals surface area contributed by atoms with E-state index in [1.807, 2.05) is 49.4 Å². The van der Waals surface area contributed by atoms with Crippen molar-refractivity contribution in [1.82, 2.24) is 0 Å². The largest absolute Gasteiger partial charge is 0.486 e. The highest BCUT2D eigenvalue weighted by Gasteiger charge is 2.31. The van der Waals surface area contributed by atoms with Crippen LogP contribution in [0, 0.1) is 0 Å². The lowest BCUT2D eigenvalue weighted by atomic mass is 10.1. The predicted molar refractivity (Wildman–Crippen MR) is 107 cm³/mol. The number of carbonyl (C=O) groups is 1. The Kier molecular flexibility index (Phi) is 5.35. The maximum Gasteiger partial charge on any atom is 0.246 e. The molecule has 1 amide bonds. The number of hydrogen-bond donors (Lipinski definition) is 2. The second kappa shape index (κ2) is 7.68. The molecule has 0 radical (unpaired) electrons. The molecule has 0 aliphatic carbocycles. The number of nitrogens with one attached hydrogen (secondary N) is 1. The Bertz CT molecular complexity index is 773. The van der Waals surface area contributed by atoms with E-state index < -0.39 is 0 Å². The van der Waals surface area contributed by atoms with Gasteiger partial charge in [-0.3, -0.25) is 4.79 Å². The molecule has 2 aromatic carbocycles. The monoisotopic (exact) mass is 353 g/mol. The average Bonchev–Trinajstić information content (AvgIpc) is 2.67. The summed E-state index contributed by atoms with van der Waals surface area (Å²) in [6, 6.07) is 13.2. The van der Waals surface area contributed by atoms with Gasteiger partial charge in [-0.1, -0.05) is 26.0 Å². The van der Waals surface area contributed by atoms with E-state index in [0.29, 0.717) is 12.2 Å². The molecule has 0 aromatic heterocycles. The normalized spacial score (nSPS) is 17.2. The first-order valence-corrected chi connectivity index (χ1v) is 9.24. The Hall–Kier alpha value is -2.69. The smallest absolute Gasteiger partial charge is 0.246 e. The molecule has 0 bridgehead atoms. The lowest BCUT2D eigenvalue weighted by Crippen LogP contribution is -2.49. The van der Waals surface area contributed by atoms with Crippen LogP contribution in [0.3, 0.4) is 0 Å². The van der Waals surface area contributed by atoms with Crippen molar-refractivity contribution in [2.75, 3.05) is 22.5 Å². The van der Waals surface area contributed by atoms with Crippen LogP contribution < -0.4 is 20.7 Å². The first-order valence-electron chi connectivity index (χ1n) is 9.24. The van der Waals surface area contributed by atoms with E-state index in [2.05, 4.69) is 24.1 Å². The third-order valence-corrected chi connectivity index (χ3v) is 4.92. The Morgan fingerprint density at radius 1 is 1.27 bits per heavy atom. The molecule has 3 N–H and O–H groups in total. The maximum absolute atomic E-state index is 12.8. The van der Waals surface area contributed by atoms with E-state index in [0.717, 1.165) is 30.0 Å². The van der Waals surface area contributed by atoms with E-state index >= 15 is 0 Å². The van der Waals surface area contributed by atoms with E-state index in [1.54, 1.807) is 0 Å². The van der Waals surface area contributed by atoms with Crippen molar-refractivity contribution in [3.8, 4) is 5.75 Å². The standard InChI is InChI=1S/C21H27N3O2/c1-4-15-6-9-17(10-7-15)23-21(25)14(3)24-13-18(5-2)26-20-11-8-16(22)12-19(20)24/h6-12,14,18H,4-5,13,22H2,1-3H3,(H,23,25). The summed E-state index contributed by atoms with van der Waals surface area (Å²) in [7, 11) is 0. The van der Waals surface area contributed by atoms with Crippen molar-refractivity contribution < 1.29 is 9.53 Å². The third kappa shape index (κ3) is 3.77. The summed E-state index contributed by atoms with van der Waals surface area (Å²) in [5, 5.41) is 3.02. The van der Waals surface area contributed by atoms with Crippen LogP contribution in [0.5, 0.6) is 5.75 Å². The van der Waals surface area contributed by atoms with Gasteiger partial charge in [-0.2, -0.15) is 0 Å². The minimum absolute atomic E-state index is 0.0422. The van der Waals surface area contributed by atoms with Crippen LogP contribution in [0.2, 0.25) is 0 Å². The van der Waals surface area contributed by atoms with Gasteiger partial charge >= 0.3 is 0 Å². The molecule has 2 unspecified atom stereocenters. The lowest BCUT2D eigenvalue weighted by molar-refractivity contribution is -0.117. The Morgan fingerprint density at radius 3 is 2.65 bits per heavy atom. The highest BCUT2D eigenvalue weighted by atomic mass is 16.5. The number of rotatable bonds is 5. The molecule has 3 rings (SSSR count). The molecule has 0 saturated heterocycles. The number of nitrogen functional groups attached to an aromatic ring is 1. The van der Waals surface area contributed by atoms with Crippen LogP contribution >= 0.6 is 0 Å². The van der Waals surface area contributed by atoms with Gasteiger partial charge in [-0.05, 0) is 55.7 Å². The van der Waals surface area contributed by atoms with Crippen LogP contribution in [-0.2, 0) is 11.2 Å². The fourth-order valence-corrected chi connectivity index (χ4v) is 3.18. The number of hydrogen-bond acceptors (Lipinski definition) is 4. The molecule has 2 atom stereocenters. The van der Waals surface area contributed by atoms with Crippen LogP contribution in [0.15, 0.2) is 42.5 Å². The molecule has 0 spiro atoms. The quantitative estimate of drug-likeness (QED) is 0.802. The molecule has 26 heavy (non-hydrogen) atoms. The fraction of sp³-hybridized carbons (Fsp3) is 0.381. The Labute approximate surface area is 155 Å². The van der Waals surface area contributed by atoms with Gasteiger partial charge in [-0.25, -0.2) is 0 Å². The number of nitrogens with two attached hydrogens (primary N) is 1. The summed E-state index contributed by atoms with van der Waals surface area (Å²) in [6.07, 6.45) is 1.92. The van der Waals surface area contributed by atoms with Crippen LogP contribution in [0.4, 0.5) is 17.1 Å². The summed E-state index contributed by atoms with van der Waals surface area (Å²) in [4.78, 5) is 14.9. The van der Waals surface area contributed by atoms with E-state index in [4.69, 9.17) is 10.5 Å². The summed E-state index contributed by atoms with van der Waals surface area (Å²) < 4.78 is 6.01. The van der Waals surface area contributed by atoms with E-state index in [-0.39, 0.29) is 18.1 Å². The Balaban J connectivity index is 1.80. The number of fused-ring (bicyclic) bond motifs is 1. The number of ether oxygens (including phenoxy) is 1. The molecule has 1 aliphatic rings. The molecule has 1 aliphatic heterocycles. The molecule has 1 heterocycles. The van der Waals surface area contributed by atoms with Crippen molar-refractivity contribution in [3.63, 3.8) is 0 Å². The third-order valence-electron chi connectivity index (χ3n) is 4.92. The lowest BCUT2D eigenvalue weighted by Gasteiger charge is -2.39. The predicted octanol–water partition coefficient (Wildman–Crippen LogP) is 3.84. The van der Waals surface area contributed by atoms with Crippen LogP contribution in [-0.4, -0.2) is 24.6 Å². The summed E-state index contributed by atoms with van der Waals surface area (Å²) >= 11 is 0. The van der Waals surface area contributed by atoms with Gasteiger partial charge in [0.15, 0.2) is 0 Å².